The van der Waals surface area contributed by atoms with Gasteiger partial charge in [-0.25, -0.2) is 13.2 Å². The zero-order valence-corrected chi connectivity index (χ0v) is 15.4. The number of hydrogen-bond acceptors (Lipinski definition) is 5. The molecule has 0 aromatic heterocycles. The number of anilines is 2. The standard InChI is InChI=1S/C18H19N3O5S/c1-12-2-7-15(10-16(12)18(23)24)27(25,26)20-13-3-5-14(6-4-13)21-9-8-19-17(22)11-21/h2-7,10,20H,8-9,11H2,1H3,(H,19,22)(H,23,24). The van der Waals surface area contributed by atoms with E-state index in [2.05, 4.69) is 10.0 Å². The first-order chi connectivity index (χ1) is 12.8. The summed E-state index contributed by atoms with van der Waals surface area (Å²) in [5.41, 5.74) is 1.59. The molecular weight excluding hydrogens is 370 g/mol. The van der Waals surface area contributed by atoms with Gasteiger partial charge >= 0.3 is 5.97 Å². The lowest BCUT2D eigenvalue weighted by molar-refractivity contribution is -0.120. The second-order valence-electron chi connectivity index (χ2n) is 6.21. The SMILES string of the molecule is Cc1ccc(S(=O)(=O)Nc2ccc(N3CCNC(=O)C3)cc2)cc1C(=O)O. The Hall–Kier alpha value is -3.07. The van der Waals surface area contributed by atoms with Gasteiger partial charge in [-0.15, -0.1) is 0 Å². The van der Waals surface area contributed by atoms with Crippen LogP contribution in [-0.2, 0) is 14.8 Å². The van der Waals surface area contributed by atoms with E-state index in [4.69, 9.17) is 0 Å². The molecule has 3 N–H and O–H groups in total. The van der Waals surface area contributed by atoms with Gasteiger partial charge in [0, 0.05) is 24.5 Å². The van der Waals surface area contributed by atoms with Gasteiger partial charge in [-0.05, 0) is 48.9 Å². The molecule has 0 saturated carbocycles. The van der Waals surface area contributed by atoms with Crippen LogP contribution in [0.15, 0.2) is 47.4 Å². The second kappa shape index (κ2) is 7.28. The molecule has 1 aliphatic heterocycles. The van der Waals surface area contributed by atoms with E-state index in [1.165, 1.54) is 12.1 Å². The van der Waals surface area contributed by atoms with E-state index in [1.54, 1.807) is 31.2 Å². The lowest BCUT2D eigenvalue weighted by Crippen LogP contribution is -2.47. The van der Waals surface area contributed by atoms with Crippen molar-refractivity contribution >= 4 is 33.3 Å². The number of nitrogens with zero attached hydrogens (tertiary/aromatic N) is 1. The van der Waals surface area contributed by atoms with Gasteiger partial charge in [-0.1, -0.05) is 6.07 Å². The normalized spacial score (nSPS) is 14.6. The molecule has 1 aliphatic rings. The summed E-state index contributed by atoms with van der Waals surface area (Å²) in [4.78, 5) is 24.5. The van der Waals surface area contributed by atoms with Gasteiger partial charge in [0.05, 0.1) is 17.0 Å². The van der Waals surface area contributed by atoms with Gasteiger partial charge in [0.1, 0.15) is 0 Å². The van der Waals surface area contributed by atoms with Gasteiger partial charge in [0.15, 0.2) is 0 Å². The maximum absolute atomic E-state index is 12.5. The molecule has 2 aromatic rings. The van der Waals surface area contributed by atoms with Gasteiger partial charge in [-0.3, -0.25) is 9.52 Å². The highest BCUT2D eigenvalue weighted by Gasteiger charge is 2.19. The number of carbonyl (C=O) groups excluding carboxylic acids is 1. The number of sulfonamides is 1. The predicted octanol–water partition coefficient (Wildman–Crippen LogP) is 1.43. The molecule has 3 rings (SSSR count). The number of piperazine rings is 1. The smallest absolute Gasteiger partial charge is 0.335 e. The van der Waals surface area contributed by atoms with Crippen molar-refractivity contribution in [3.05, 3.63) is 53.6 Å². The van der Waals surface area contributed by atoms with Crippen molar-refractivity contribution in [3.63, 3.8) is 0 Å². The van der Waals surface area contributed by atoms with Crippen molar-refractivity contribution in [1.29, 1.82) is 0 Å². The van der Waals surface area contributed by atoms with Crippen LogP contribution in [0.25, 0.3) is 0 Å². The van der Waals surface area contributed by atoms with Crippen molar-refractivity contribution in [3.8, 4) is 0 Å². The minimum absolute atomic E-state index is 0.0559. The van der Waals surface area contributed by atoms with Gasteiger partial charge in [0.2, 0.25) is 5.91 Å². The molecule has 1 saturated heterocycles. The first-order valence-corrected chi connectivity index (χ1v) is 9.73. The fourth-order valence-electron chi connectivity index (χ4n) is 2.81. The number of carboxylic acid groups (broad SMARTS) is 1. The van der Waals surface area contributed by atoms with E-state index in [-0.39, 0.29) is 22.9 Å². The number of rotatable bonds is 5. The van der Waals surface area contributed by atoms with E-state index >= 15 is 0 Å². The average Bonchev–Trinajstić information content (AvgIpc) is 2.62. The van der Waals surface area contributed by atoms with E-state index < -0.39 is 16.0 Å². The summed E-state index contributed by atoms with van der Waals surface area (Å²) >= 11 is 0. The van der Waals surface area contributed by atoms with Crippen molar-refractivity contribution in [2.45, 2.75) is 11.8 Å². The van der Waals surface area contributed by atoms with Crippen LogP contribution in [0.3, 0.4) is 0 Å². The van der Waals surface area contributed by atoms with Crippen LogP contribution in [0.5, 0.6) is 0 Å². The molecule has 0 unspecified atom stereocenters. The third kappa shape index (κ3) is 4.20. The zero-order valence-electron chi connectivity index (χ0n) is 14.6. The topological polar surface area (TPSA) is 116 Å². The van der Waals surface area contributed by atoms with Crippen molar-refractivity contribution in [2.75, 3.05) is 29.3 Å². The molecule has 27 heavy (non-hydrogen) atoms. The molecule has 0 aliphatic carbocycles. The third-order valence-electron chi connectivity index (χ3n) is 4.27. The highest BCUT2D eigenvalue weighted by atomic mass is 32.2. The van der Waals surface area contributed by atoms with E-state index in [0.29, 0.717) is 24.3 Å². The van der Waals surface area contributed by atoms with E-state index in [0.717, 1.165) is 11.8 Å². The van der Waals surface area contributed by atoms with Gasteiger partial charge in [-0.2, -0.15) is 0 Å². The minimum atomic E-state index is -3.92. The number of nitrogens with one attached hydrogen (secondary N) is 2. The summed E-state index contributed by atoms with van der Waals surface area (Å²) in [7, 11) is -3.92. The van der Waals surface area contributed by atoms with E-state index in [1.807, 2.05) is 4.90 Å². The summed E-state index contributed by atoms with van der Waals surface area (Å²) in [6, 6.07) is 10.6. The van der Waals surface area contributed by atoms with Crippen LogP contribution in [0.2, 0.25) is 0 Å². The molecule has 8 nitrogen and oxygen atoms in total. The first-order valence-electron chi connectivity index (χ1n) is 8.25. The molecule has 0 radical (unpaired) electrons. The van der Waals surface area contributed by atoms with Crippen molar-refractivity contribution < 1.29 is 23.1 Å². The Balaban J connectivity index is 1.79. The van der Waals surface area contributed by atoms with Crippen molar-refractivity contribution in [1.82, 2.24) is 5.32 Å². The van der Waals surface area contributed by atoms with Crippen LogP contribution >= 0.6 is 0 Å². The Morgan fingerprint density at radius 1 is 1.19 bits per heavy atom. The number of aromatic carboxylic acids is 1. The molecule has 1 amide bonds. The Morgan fingerprint density at radius 3 is 2.52 bits per heavy atom. The number of hydrogen-bond donors (Lipinski definition) is 3. The largest absolute Gasteiger partial charge is 0.478 e. The molecular formula is C18H19N3O5S. The minimum Gasteiger partial charge on any atom is -0.478 e. The quantitative estimate of drug-likeness (QED) is 0.712. The van der Waals surface area contributed by atoms with Crippen LogP contribution < -0.4 is 14.9 Å². The Morgan fingerprint density at radius 2 is 1.89 bits per heavy atom. The molecule has 9 heteroatoms. The van der Waals surface area contributed by atoms with Gasteiger partial charge < -0.3 is 15.3 Å². The van der Waals surface area contributed by atoms with Crippen LogP contribution in [-0.4, -0.2) is 45.0 Å². The molecule has 0 atom stereocenters. The molecule has 0 spiro atoms. The van der Waals surface area contributed by atoms with Crippen LogP contribution in [0.4, 0.5) is 11.4 Å². The molecule has 142 valence electrons. The molecule has 0 bridgehead atoms. The lowest BCUT2D eigenvalue weighted by Gasteiger charge is -2.28. The number of benzene rings is 2. The average molecular weight is 389 g/mol. The van der Waals surface area contributed by atoms with Gasteiger partial charge in [0.25, 0.3) is 10.0 Å². The van der Waals surface area contributed by atoms with Crippen LogP contribution in [0.1, 0.15) is 15.9 Å². The highest BCUT2D eigenvalue weighted by Crippen LogP contribution is 2.22. The summed E-state index contributed by atoms with van der Waals surface area (Å²) in [6.07, 6.45) is 0. The molecule has 1 heterocycles. The van der Waals surface area contributed by atoms with E-state index in [9.17, 15) is 23.1 Å². The maximum Gasteiger partial charge on any atom is 0.335 e. The highest BCUT2D eigenvalue weighted by molar-refractivity contribution is 7.92. The van der Waals surface area contributed by atoms with Crippen LogP contribution in [0, 0.1) is 6.92 Å². The summed E-state index contributed by atoms with van der Waals surface area (Å²) in [5.74, 6) is -1.24. The number of aryl methyl sites for hydroxylation is 1. The number of carbonyl (C=O) groups is 2. The maximum atomic E-state index is 12.5. The summed E-state index contributed by atoms with van der Waals surface area (Å²) in [5, 5.41) is 11.9. The van der Waals surface area contributed by atoms with Crippen molar-refractivity contribution in [2.24, 2.45) is 0 Å². The molecule has 2 aromatic carbocycles. The Labute approximate surface area is 156 Å². The Kier molecular flexibility index (Phi) is 5.04. The number of carboxylic acids is 1. The summed E-state index contributed by atoms with van der Waals surface area (Å²) in [6.45, 7) is 3.10. The first kappa shape index (κ1) is 18.7. The fraction of sp³-hybridized carbons (Fsp3) is 0.222. The predicted molar refractivity (Wildman–Crippen MR) is 101 cm³/mol. The third-order valence-corrected chi connectivity index (χ3v) is 5.65. The summed E-state index contributed by atoms with van der Waals surface area (Å²) < 4.78 is 27.5. The molecule has 1 fully saturated rings. The number of amides is 1. The zero-order chi connectivity index (χ0) is 19.6. The lowest BCUT2D eigenvalue weighted by atomic mass is 10.1. The Bertz CT molecular complexity index is 987. The second-order valence-corrected chi connectivity index (χ2v) is 7.89. The fourth-order valence-corrected chi connectivity index (χ4v) is 3.90. The monoisotopic (exact) mass is 389 g/mol.